The average Bonchev–Trinajstić information content (AvgIpc) is 2.63. The molecule has 0 unspecified atom stereocenters. The van der Waals surface area contributed by atoms with Crippen LogP contribution in [0.2, 0.25) is 1.41 Å². The van der Waals surface area contributed by atoms with Crippen molar-refractivity contribution in [2.24, 2.45) is 11.6 Å². The molecule has 0 saturated heterocycles. The maximum atomic E-state index is 12.7. The largest absolute Gasteiger partial charge is 0.481 e. The summed E-state index contributed by atoms with van der Waals surface area (Å²) in [5, 5.41) is 14.2. The molecule has 5 N–H and O–H groups in total. The normalized spacial score (nSPS) is 14.8. The van der Waals surface area contributed by atoms with Crippen molar-refractivity contribution < 1.29 is 25.6 Å². The van der Waals surface area contributed by atoms with E-state index in [-0.39, 0.29) is 12.5 Å². The number of aliphatic carboxylic acids is 1. The van der Waals surface area contributed by atoms with E-state index in [1.54, 1.807) is 13.8 Å². The van der Waals surface area contributed by atoms with Crippen LogP contribution in [0.3, 0.4) is 0 Å². The first kappa shape index (κ1) is 19.9. The third-order valence-corrected chi connectivity index (χ3v) is 3.79. The lowest BCUT2D eigenvalue weighted by Gasteiger charge is -2.26. The van der Waals surface area contributed by atoms with Gasteiger partial charge >= 0.3 is 5.97 Å². The van der Waals surface area contributed by atoms with Gasteiger partial charge in [0.25, 0.3) is 0 Å². The van der Waals surface area contributed by atoms with Gasteiger partial charge in [0.1, 0.15) is 7.45 Å². The summed E-state index contributed by atoms with van der Waals surface area (Å²) in [6.45, 7) is 3.78. The number of carboxylic acid groups (broad SMARTS) is 1. The Morgan fingerprint density at radius 2 is 1.85 bits per heavy atom. The molecule has 2 amide bonds. The number of benzene rings is 1. The van der Waals surface area contributed by atoms with Gasteiger partial charge in [-0.1, -0.05) is 44.2 Å². The third kappa shape index (κ3) is 6.81. The highest BCUT2D eigenvalue weighted by Crippen LogP contribution is 2.14. The zero-order valence-electron chi connectivity index (χ0n) is 16.2. The lowest BCUT2D eigenvalue weighted by Crippen LogP contribution is -2.54. The highest BCUT2D eigenvalue weighted by atomic mass is 16.5. The second-order valence-corrected chi connectivity index (χ2v) is 6.31. The third-order valence-electron chi connectivity index (χ3n) is 3.79. The number of methoxy groups -OCH3 is 1. The van der Waals surface area contributed by atoms with Crippen LogP contribution in [0.5, 0.6) is 0 Å². The van der Waals surface area contributed by atoms with Gasteiger partial charge in [-0.15, -0.1) is 0 Å². The molecule has 144 valence electrons. The molecule has 0 aliphatic rings. The van der Waals surface area contributed by atoms with Crippen LogP contribution in [0.1, 0.15) is 31.9 Å². The van der Waals surface area contributed by atoms with Gasteiger partial charge in [0.15, 0.2) is 0 Å². The molecule has 0 fully saturated rings. The summed E-state index contributed by atoms with van der Waals surface area (Å²) >= 11 is 0. The van der Waals surface area contributed by atoms with Crippen LogP contribution in [-0.2, 0) is 19.1 Å². The lowest BCUT2D eigenvalue weighted by molar-refractivity contribution is -0.139. The van der Waals surface area contributed by atoms with E-state index >= 15 is 0 Å². The topological polar surface area (TPSA) is 131 Å². The van der Waals surface area contributed by atoms with Crippen molar-refractivity contribution >= 4 is 17.8 Å². The summed E-state index contributed by atoms with van der Waals surface area (Å²) < 4.78 is 12.3. The van der Waals surface area contributed by atoms with Crippen LogP contribution in [0, 0.1) is 5.92 Å². The summed E-state index contributed by atoms with van der Waals surface area (Å²) in [5.41, 5.74) is 2.77. The number of ether oxygens (including phenoxy) is 1. The molecule has 8 heteroatoms. The number of carbonyl (C=O) groups is 3. The fourth-order valence-electron chi connectivity index (χ4n) is 2.39. The molecule has 3 atom stereocenters. The predicted molar refractivity (Wildman–Crippen MR) is 96.2 cm³/mol. The Kier molecular flexibility index (Phi) is 8.04. The van der Waals surface area contributed by atoms with Crippen molar-refractivity contribution in [1.29, 1.82) is 0 Å². The van der Waals surface area contributed by atoms with Crippen LogP contribution >= 0.6 is 0 Å². The Bertz CT molecular complexity index is 627. The summed E-state index contributed by atoms with van der Waals surface area (Å²) in [6, 6.07) is 6.75. The average molecular weight is 366 g/mol. The Hall–Kier alpha value is -2.45. The minimum absolute atomic E-state index is 0.246. The monoisotopic (exact) mass is 366 g/mol. The van der Waals surface area contributed by atoms with E-state index in [1.807, 2.05) is 36.1 Å². The first-order valence-corrected chi connectivity index (χ1v) is 8.33. The SMILES string of the molecule is [2H]N[C@@H](CC(=O)O)C(=O)N[C@H](C(=O)N[C@@H](COC)c1ccccc1)C(C)C. The van der Waals surface area contributed by atoms with Crippen molar-refractivity contribution in [1.82, 2.24) is 10.6 Å². The molecule has 1 aromatic carbocycles. The van der Waals surface area contributed by atoms with E-state index in [2.05, 4.69) is 10.6 Å². The number of nitrogens with two attached hydrogens (primary N) is 1. The molecule has 8 nitrogen and oxygen atoms in total. The number of carboxylic acids is 1. The first-order chi connectivity index (χ1) is 12.8. The minimum atomic E-state index is -1.25. The highest BCUT2D eigenvalue weighted by molar-refractivity contribution is 5.91. The Morgan fingerprint density at radius 3 is 2.35 bits per heavy atom. The minimum Gasteiger partial charge on any atom is -0.481 e. The number of amides is 2. The van der Waals surface area contributed by atoms with E-state index in [0.29, 0.717) is 0 Å². The second kappa shape index (κ2) is 10.5. The molecule has 0 spiro atoms. The van der Waals surface area contributed by atoms with Gasteiger partial charge in [0.2, 0.25) is 11.8 Å². The Labute approximate surface area is 154 Å². The van der Waals surface area contributed by atoms with Crippen LogP contribution < -0.4 is 16.4 Å². The quantitative estimate of drug-likeness (QED) is 0.449. The van der Waals surface area contributed by atoms with Crippen molar-refractivity contribution in [3.05, 3.63) is 35.9 Å². The molecule has 0 aromatic heterocycles. The van der Waals surface area contributed by atoms with Crippen LogP contribution in [-0.4, -0.2) is 48.7 Å². The number of rotatable bonds is 11. The number of carbonyl (C=O) groups excluding carboxylic acids is 2. The van der Waals surface area contributed by atoms with Gasteiger partial charge in [-0.25, -0.2) is 0 Å². The number of hydrogen-bond acceptors (Lipinski definition) is 5. The summed E-state index contributed by atoms with van der Waals surface area (Å²) in [6.07, 6.45) is -0.557. The van der Waals surface area contributed by atoms with Crippen LogP contribution in [0.25, 0.3) is 0 Å². The van der Waals surface area contributed by atoms with Gasteiger partial charge < -0.3 is 26.2 Å². The van der Waals surface area contributed by atoms with Gasteiger partial charge in [-0.05, 0) is 11.5 Å². The Morgan fingerprint density at radius 1 is 1.19 bits per heavy atom. The van der Waals surface area contributed by atoms with E-state index in [4.69, 9.17) is 11.3 Å². The molecular weight excluding hydrogens is 338 g/mol. The molecule has 0 saturated carbocycles. The first-order valence-electron chi connectivity index (χ1n) is 8.83. The molecule has 0 bridgehead atoms. The maximum absolute atomic E-state index is 12.7. The van der Waals surface area contributed by atoms with Crippen molar-refractivity contribution in [2.45, 2.75) is 38.4 Å². The van der Waals surface area contributed by atoms with Gasteiger partial charge in [0.05, 0.1) is 25.1 Å². The Balaban J connectivity index is 2.87. The lowest BCUT2D eigenvalue weighted by atomic mass is 10.0. The van der Waals surface area contributed by atoms with E-state index in [0.717, 1.165) is 5.56 Å². The van der Waals surface area contributed by atoms with Crippen molar-refractivity contribution in [3.8, 4) is 0 Å². The zero-order valence-corrected chi connectivity index (χ0v) is 15.2. The van der Waals surface area contributed by atoms with Gasteiger partial charge in [0, 0.05) is 7.11 Å². The molecule has 0 heterocycles. The summed E-state index contributed by atoms with van der Waals surface area (Å²) in [4.78, 5) is 35.8. The highest BCUT2D eigenvalue weighted by Gasteiger charge is 2.29. The van der Waals surface area contributed by atoms with Gasteiger partial charge in [-0.2, -0.15) is 0 Å². The van der Waals surface area contributed by atoms with Gasteiger partial charge in [-0.3, -0.25) is 14.4 Å². The zero-order chi connectivity index (χ0) is 20.4. The summed E-state index contributed by atoms with van der Waals surface area (Å²) in [5.74, 6) is -2.60. The predicted octanol–water partition coefficient (Wildman–Crippen LogP) is 0.433. The number of hydrogen-bond donors (Lipinski definition) is 4. The fourth-order valence-corrected chi connectivity index (χ4v) is 2.39. The van der Waals surface area contributed by atoms with E-state index in [9.17, 15) is 14.4 Å². The van der Waals surface area contributed by atoms with Crippen molar-refractivity contribution in [3.63, 3.8) is 0 Å². The molecule has 1 rings (SSSR count). The summed E-state index contributed by atoms with van der Waals surface area (Å²) in [7, 11) is 1.53. The fraction of sp³-hybridized carbons (Fsp3) is 0.500. The number of nitrogens with one attached hydrogen (secondary N) is 2. The van der Waals surface area contributed by atoms with Crippen LogP contribution in [0.15, 0.2) is 30.3 Å². The van der Waals surface area contributed by atoms with Crippen molar-refractivity contribution in [2.75, 3.05) is 13.7 Å². The second-order valence-electron chi connectivity index (χ2n) is 6.31. The molecule has 1 aromatic rings. The molecule has 26 heavy (non-hydrogen) atoms. The van der Waals surface area contributed by atoms with Crippen LogP contribution in [0.4, 0.5) is 0 Å². The molecule has 0 aliphatic carbocycles. The molecule has 0 radical (unpaired) electrons. The smallest absolute Gasteiger partial charge is 0.305 e. The maximum Gasteiger partial charge on any atom is 0.305 e. The molecule has 0 aliphatic heterocycles. The van der Waals surface area contributed by atoms with E-state index in [1.165, 1.54) is 7.11 Å². The standard InChI is InChI=1S/C18H27N3O5/c1-11(2)16(21-17(24)13(19)9-15(22)23)18(25)20-14(10-26-3)12-7-5-4-6-8-12/h4-8,11,13-14,16H,9-10,19H2,1-3H3,(H,20,25)(H,21,24)(H,22,23)/t13-,14-,16-/m0/s1/i/hD. The molecular formula is C18H27N3O5. The van der Waals surface area contributed by atoms with E-state index < -0.39 is 42.3 Å².